The van der Waals surface area contributed by atoms with Gasteiger partial charge < -0.3 is 5.32 Å². The van der Waals surface area contributed by atoms with Crippen molar-refractivity contribution in [1.82, 2.24) is 10.3 Å². The number of pyridine rings is 1. The van der Waals surface area contributed by atoms with Crippen molar-refractivity contribution in [2.45, 2.75) is 19.4 Å². The SMILES string of the molecule is CCCNC(c1ccc(Cl)cn1)c1cscc1Br. The molecule has 18 heavy (non-hydrogen) atoms. The first-order valence-corrected chi connectivity index (χ1v) is 7.90. The second kappa shape index (κ2) is 6.66. The number of aromatic nitrogens is 1. The molecular weight excluding hydrogens is 332 g/mol. The Hall–Kier alpha value is -0.420. The van der Waals surface area contributed by atoms with Crippen molar-refractivity contribution >= 4 is 38.9 Å². The molecule has 0 radical (unpaired) electrons. The molecule has 0 bridgehead atoms. The van der Waals surface area contributed by atoms with E-state index in [9.17, 15) is 0 Å². The minimum atomic E-state index is 0.114. The first kappa shape index (κ1) is 14.0. The van der Waals surface area contributed by atoms with Gasteiger partial charge in [-0.3, -0.25) is 4.98 Å². The van der Waals surface area contributed by atoms with Gasteiger partial charge in [-0.05, 0) is 52.0 Å². The predicted octanol–water partition coefficient (Wildman–Crippen LogP) is 4.65. The van der Waals surface area contributed by atoms with Gasteiger partial charge in [0.1, 0.15) is 0 Å². The molecule has 1 N–H and O–H groups in total. The van der Waals surface area contributed by atoms with Crippen LogP contribution < -0.4 is 5.32 Å². The standard InChI is InChI=1S/C13H14BrClN2S/c1-2-5-16-13(10-7-18-8-11(10)14)12-4-3-9(15)6-17-12/h3-4,6-8,13,16H,2,5H2,1H3. The Balaban J connectivity index is 2.30. The maximum Gasteiger partial charge on any atom is 0.0770 e. The normalized spacial score (nSPS) is 12.6. The molecule has 2 aromatic rings. The molecule has 2 aromatic heterocycles. The third kappa shape index (κ3) is 3.32. The van der Waals surface area contributed by atoms with Crippen LogP contribution in [0.1, 0.15) is 30.6 Å². The van der Waals surface area contributed by atoms with Crippen molar-refractivity contribution in [1.29, 1.82) is 0 Å². The summed E-state index contributed by atoms with van der Waals surface area (Å²) in [4.78, 5) is 4.42. The van der Waals surface area contributed by atoms with E-state index < -0.39 is 0 Å². The minimum absolute atomic E-state index is 0.114. The van der Waals surface area contributed by atoms with Crippen molar-refractivity contribution in [2.24, 2.45) is 0 Å². The van der Waals surface area contributed by atoms with Gasteiger partial charge in [0.15, 0.2) is 0 Å². The van der Waals surface area contributed by atoms with Crippen LogP contribution in [0.25, 0.3) is 0 Å². The first-order chi connectivity index (χ1) is 8.72. The van der Waals surface area contributed by atoms with E-state index in [-0.39, 0.29) is 6.04 Å². The highest BCUT2D eigenvalue weighted by molar-refractivity contribution is 9.10. The molecule has 2 heterocycles. The molecule has 0 saturated heterocycles. The van der Waals surface area contributed by atoms with Crippen molar-refractivity contribution in [3.05, 3.63) is 49.8 Å². The Morgan fingerprint density at radius 1 is 1.44 bits per heavy atom. The molecule has 2 rings (SSSR count). The van der Waals surface area contributed by atoms with Crippen molar-refractivity contribution in [3.63, 3.8) is 0 Å². The summed E-state index contributed by atoms with van der Waals surface area (Å²) in [6, 6.07) is 3.97. The van der Waals surface area contributed by atoms with Gasteiger partial charge >= 0.3 is 0 Å². The van der Waals surface area contributed by atoms with Crippen LogP contribution in [0, 0.1) is 0 Å². The van der Waals surface area contributed by atoms with E-state index in [1.165, 1.54) is 5.56 Å². The molecule has 0 aliphatic heterocycles. The summed E-state index contributed by atoms with van der Waals surface area (Å²) in [5, 5.41) is 8.42. The summed E-state index contributed by atoms with van der Waals surface area (Å²) >= 11 is 11.2. The molecule has 2 nitrogen and oxygen atoms in total. The lowest BCUT2D eigenvalue weighted by molar-refractivity contribution is 0.586. The number of thiophene rings is 1. The number of rotatable bonds is 5. The molecule has 1 unspecified atom stereocenters. The van der Waals surface area contributed by atoms with Gasteiger partial charge in [0, 0.05) is 16.0 Å². The summed E-state index contributed by atoms with van der Waals surface area (Å²) in [5.74, 6) is 0. The van der Waals surface area contributed by atoms with Crippen LogP contribution in [0.5, 0.6) is 0 Å². The van der Waals surface area contributed by atoms with E-state index in [1.807, 2.05) is 12.1 Å². The fourth-order valence-electron chi connectivity index (χ4n) is 1.72. The van der Waals surface area contributed by atoms with E-state index in [0.717, 1.165) is 23.1 Å². The zero-order valence-electron chi connectivity index (χ0n) is 9.99. The average Bonchev–Trinajstić information content (AvgIpc) is 2.78. The van der Waals surface area contributed by atoms with Gasteiger partial charge in [-0.25, -0.2) is 0 Å². The monoisotopic (exact) mass is 344 g/mol. The van der Waals surface area contributed by atoms with Gasteiger partial charge in [-0.2, -0.15) is 11.3 Å². The molecule has 0 aliphatic rings. The Labute approximate surface area is 125 Å². The van der Waals surface area contributed by atoms with Gasteiger partial charge in [0.2, 0.25) is 0 Å². The van der Waals surface area contributed by atoms with Crippen LogP contribution in [0.3, 0.4) is 0 Å². The fraction of sp³-hybridized carbons (Fsp3) is 0.308. The highest BCUT2D eigenvalue weighted by Crippen LogP contribution is 2.31. The second-order valence-corrected chi connectivity index (χ2v) is 6.00. The summed E-state index contributed by atoms with van der Waals surface area (Å²) in [7, 11) is 0. The van der Waals surface area contributed by atoms with Crippen molar-refractivity contribution in [3.8, 4) is 0 Å². The van der Waals surface area contributed by atoms with Crippen molar-refractivity contribution < 1.29 is 0 Å². The number of hydrogen-bond acceptors (Lipinski definition) is 3. The van der Waals surface area contributed by atoms with Crippen LogP contribution in [0.2, 0.25) is 5.02 Å². The summed E-state index contributed by atoms with van der Waals surface area (Å²) < 4.78 is 1.12. The lowest BCUT2D eigenvalue weighted by Gasteiger charge is -2.18. The molecule has 0 saturated carbocycles. The molecule has 0 amide bonds. The molecule has 0 aromatic carbocycles. The van der Waals surface area contributed by atoms with Crippen LogP contribution >= 0.6 is 38.9 Å². The second-order valence-electron chi connectivity index (χ2n) is 3.96. The predicted molar refractivity (Wildman–Crippen MR) is 81.4 cm³/mol. The number of nitrogens with one attached hydrogen (secondary N) is 1. The molecule has 0 aliphatic carbocycles. The lowest BCUT2D eigenvalue weighted by atomic mass is 10.1. The smallest absolute Gasteiger partial charge is 0.0770 e. The van der Waals surface area contributed by atoms with E-state index >= 15 is 0 Å². The van der Waals surface area contributed by atoms with E-state index in [2.05, 4.69) is 43.9 Å². The number of nitrogens with zero attached hydrogens (tertiary/aromatic N) is 1. The van der Waals surface area contributed by atoms with E-state index in [4.69, 9.17) is 11.6 Å². The average molecular weight is 346 g/mol. The third-order valence-corrected chi connectivity index (χ3v) is 4.57. The van der Waals surface area contributed by atoms with Crippen LogP contribution in [0.15, 0.2) is 33.6 Å². The van der Waals surface area contributed by atoms with Gasteiger partial charge in [-0.15, -0.1) is 0 Å². The van der Waals surface area contributed by atoms with E-state index in [0.29, 0.717) is 5.02 Å². The Kier molecular flexibility index (Phi) is 5.18. The zero-order chi connectivity index (χ0) is 13.0. The lowest BCUT2D eigenvalue weighted by Crippen LogP contribution is -2.23. The van der Waals surface area contributed by atoms with Gasteiger partial charge in [0.05, 0.1) is 16.8 Å². The number of halogens is 2. The summed E-state index contributed by atoms with van der Waals surface area (Å²) in [6.07, 6.45) is 2.78. The third-order valence-electron chi connectivity index (χ3n) is 2.60. The zero-order valence-corrected chi connectivity index (χ0v) is 13.1. The Morgan fingerprint density at radius 2 is 2.28 bits per heavy atom. The Morgan fingerprint density at radius 3 is 2.83 bits per heavy atom. The fourth-order valence-corrected chi connectivity index (χ4v) is 3.38. The largest absolute Gasteiger partial charge is 0.305 e. The molecular formula is C13H14BrClN2S. The maximum atomic E-state index is 5.89. The maximum absolute atomic E-state index is 5.89. The number of hydrogen-bond donors (Lipinski definition) is 1. The topological polar surface area (TPSA) is 24.9 Å². The Bertz CT molecular complexity index is 498. The summed E-state index contributed by atoms with van der Waals surface area (Å²) in [6.45, 7) is 3.11. The molecule has 5 heteroatoms. The van der Waals surface area contributed by atoms with Crippen molar-refractivity contribution in [2.75, 3.05) is 6.54 Å². The van der Waals surface area contributed by atoms with Crippen LogP contribution in [0.4, 0.5) is 0 Å². The van der Waals surface area contributed by atoms with Gasteiger partial charge in [-0.1, -0.05) is 18.5 Å². The first-order valence-electron chi connectivity index (χ1n) is 5.78. The highest BCUT2D eigenvalue weighted by atomic mass is 79.9. The molecule has 0 spiro atoms. The summed E-state index contributed by atoms with van der Waals surface area (Å²) in [5.41, 5.74) is 2.22. The quantitative estimate of drug-likeness (QED) is 0.853. The molecule has 0 fully saturated rings. The van der Waals surface area contributed by atoms with E-state index in [1.54, 1.807) is 17.5 Å². The minimum Gasteiger partial charge on any atom is -0.305 e. The van der Waals surface area contributed by atoms with Crippen LogP contribution in [-0.4, -0.2) is 11.5 Å². The van der Waals surface area contributed by atoms with Crippen LogP contribution in [-0.2, 0) is 0 Å². The highest BCUT2D eigenvalue weighted by Gasteiger charge is 2.17. The van der Waals surface area contributed by atoms with Gasteiger partial charge in [0.25, 0.3) is 0 Å². The molecule has 96 valence electrons. The molecule has 1 atom stereocenters.